The second kappa shape index (κ2) is 4.76. The highest BCUT2D eigenvalue weighted by Gasteiger charge is 2.35. The molecule has 0 aliphatic carbocycles. The van der Waals surface area contributed by atoms with Crippen LogP contribution in [0.15, 0.2) is 12.4 Å². The lowest BCUT2D eigenvalue weighted by Crippen LogP contribution is -2.37. The molecule has 0 amide bonds. The van der Waals surface area contributed by atoms with E-state index in [1.165, 1.54) is 0 Å². The van der Waals surface area contributed by atoms with E-state index in [0.29, 0.717) is 19.0 Å². The highest BCUT2D eigenvalue weighted by atomic mass is 16.5. The Hall–Kier alpha value is -1.20. The summed E-state index contributed by atoms with van der Waals surface area (Å²) in [6.07, 6.45) is 3.50. The molecule has 0 saturated carbocycles. The summed E-state index contributed by atoms with van der Waals surface area (Å²) >= 11 is 0. The third-order valence-electron chi connectivity index (χ3n) is 3.06. The fourth-order valence-electron chi connectivity index (χ4n) is 2.05. The molecule has 1 saturated heterocycles. The zero-order chi connectivity index (χ0) is 11.5. The fraction of sp³-hybridized carbons (Fsp3) is 0.636. The number of carbonyl (C=O) groups excluding carboxylic acids is 1. The molecule has 2 rings (SSSR count). The minimum absolute atomic E-state index is 0.0729. The Morgan fingerprint density at radius 2 is 2.50 bits per heavy atom. The van der Waals surface area contributed by atoms with E-state index in [0.717, 1.165) is 6.54 Å². The molecule has 88 valence electrons. The molecule has 1 aromatic rings. The lowest BCUT2D eigenvalue weighted by molar-refractivity contribution is 0.0877. The number of aryl methyl sites for hydroxylation is 1. The zero-order valence-electron chi connectivity index (χ0n) is 9.64. The Labute approximate surface area is 94.8 Å². The number of ketones is 1. The van der Waals surface area contributed by atoms with Crippen molar-refractivity contribution in [1.29, 1.82) is 0 Å². The topological polar surface area (TPSA) is 56.2 Å². The van der Waals surface area contributed by atoms with Crippen LogP contribution in [0.1, 0.15) is 17.5 Å². The van der Waals surface area contributed by atoms with Crippen molar-refractivity contribution in [2.75, 3.05) is 20.3 Å². The van der Waals surface area contributed by atoms with E-state index in [4.69, 9.17) is 4.74 Å². The monoisotopic (exact) mass is 223 g/mol. The molecule has 1 aliphatic heterocycles. The predicted octanol–water partition coefficient (Wildman–Crippen LogP) is 0.320. The highest BCUT2D eigenvalue weighted by molar-refractivity contribution is 5.95. The lowest BCUT2D eigenvalue weighted by Gasteiger charge is -2.15. The molecule has 2 unspecified atom stereocenters. The van der Waals surface area contributed by atoms with Crippen LogP contribution < -0.4 is 5.32 Å². The average molecular weight is 223 g/mol. The van der Waals surface area contributed by atoms with Gasteiger partial charge in [0.25, 0.3) is 0 Å². The quantitative estimate of drug-likeness (QED) is 0.747. The summed E-state index contributed by atoms with van der Waals surface area (Å²) in [5.41, 5.74) is 0. The number of ether oxygens (including phenoxy) is 1. The van der Waals surface area contributed by atoms with E-state index in [1.807, 2.05) is 24.7 Å². The van der Waals surface area contributed by atoms with Gasteiger partial charge in [-0.3, -0.25) is 4.79 Å². The second-order valence-corrected chi connectivity index (χ2v) is 3.94. The maximum Gasteiger partial charge on any atom is 0.205 e. The molecule has 0 aromatic carbocycles. The lowest BCUT2D eigenvalue weighted by atomic mass is 9.98. The van der Waals surface area contributed by atoms with Crippen LogP contribution in [0.5, 0.6) is 0 Å². The Balaban J connectivity index is 2.18. The van der Waals surface area contributed by atoms with Crippen LogP contribution in [0.3, 0.4) is 0 Å². The first-order chi connectivity index (χ1) is 7.77. The van der Waals surface area contributed by atoms with E-state index in [9.17, 15) is 4.79 Å². The van der Waals surface area contributed by atoms with Crippen LogP contribution in [-0.4, -0.2) is 41.6 Å². The van der Waals surface area contributed by atoms with Crippen LogP contribution in [-0.2, 0) is 11.3 Å². The van der Waals surface area contributed by atoms with Crippen LogP contribution >= 0.6 is 0 Å². The summed E-state index contributed by atoms with van der Waals surface area (Å²) in [6, 6.07) is 0.106. The third-order valence-corrected chi connectivity index (χ3v) is 3.06. The van der Waals surface area contributed by atoms with Crippen LogP contribution in [0.2, 0.25) is 0 Å². The number of aromatic nitrogens is 2. The molecule has 16 heavy (non-hydrogen) atoms. The molecule has 1 aliphatic rings. The van der Waals surface area contributed by atoms with Crippen molar-refractivity contribution in [2.45, 2.75) is 19.5 Å². The Morgan fingerprint density at radius 3 is 3.19 bits per heavy atom. The molecule has 1 N–H and O–H groups in total. The first kappa shape index (κ1) is 11.3. The van der Waals surface area contributed by atoms with Crippen molar-refractivity contribution < 1.29 is 9.53 Å². The maximum absolute atomic E-state index is 12.3. The standard InChI is InChI=1S/C11H17N3O2/c1-3-14-5-4-13-11(14)10(15)8-6-16-7-9(8)12-2/h4-5,8-9,12H,3,6-7H2,1-2H3. The van der Waals surface area contributed by atoms with E-state index in [2.05, 4.69) is 10.3 Å². The molecule has 1 aromatic heterocycles. The minimum atomic E-state index is -0.113. The van der Waals surface area contributed by atoms with Crippen LogP contribution in [0.4, 0.5) is 0 Å². The Bertz CT molecular complexity index is 375. The van der Waals surface area contributed by atoms with Gasteiger partial charge in [0.1, 0.15) is 0 Å². The SMILES string of the molecule is CCn1ccnc1C(=O)C1COCC1NC. The average Bonchev–Trinajstić information content (AvgIpc) is 2.96. The van der Waals surface area contributed by atoms with Gasteiger partial charge in [-0.05, 0) is 14.0 Å². The number of nitrogens with zero attached hydrogens (tertiary/aromatic N) is 2. The summed E-state index contributed by atoms with van der Waals surface area (Å²) in [5, 5.41) is 3.11. The Kier molecular flexibility index (Phi) is 3.36. The second-order valence-electron chi connectivity index (χ2n) is 3.94. The van der Waals surface area contributed by atoms with Crippen molar-refractivity contribution in [3.8, 4) is 0 Å². The molecule has 0 bridgehead atoms. The van der Waals surface area contributed by atoms with E-state index in [1.54, 1.807) is 6.20 Å². The molecule has 1 fully saturated rings. The number of rotatable bonds is 4. The number of Topliss-reactive ketones (excluding diaryl/α,β-unsaturated/α-hetero) is 1. The largest absolute Gasteiger partial charge is 0.379 e. The molecule has 2 heterocycles. The minimum Gasteiger partial charge on any atom is -0.379 e. The fourth-order valence-corrected chi connectivity index (χ4v) is 2.05. The molecule has 5 heteroatoms. The smallest absolute Gasteiger partial charge is 0.205 e. The predicted molar refractivity (Wildman–Crippen MR) is 59.4 cm³/mol. The summed E-state index contributed by atoms with van der Waals surface area (Å²) in [4.78, 5) is 16.4. The normalized spacial score (nSPS) is 24.9. The van der Waals surface area contributed by atoms with E-state index >= 15 is 0 Å². The van der Waals surface area contributed by atoms with Gasteiger partial charge in [-0.2, -0.15) is 0 Å². The van der Waals surface area contributed by atoms with E-state index < -0.39 is 0 Å². The summed E-state index contributed by atoms with van der Waals surface area (Å²) in [7, 11) is 1.85. The summed E-state index contributed by atoms with van der Waals surface area (Å²) in [5.74, 6) is 0.500. The number of nitrogens with one attached hydrogen (secondary N) is 1. The van der Waals surface area contributed by atoms with Gasteiger partial charge in [0.05, 0.1) is 19.1 Å². The third kappa shape index (κ3) is 1.88. The summed E-state index contributed by atoms with van der Waals surface area (Å²) < 4.78 is 7.20. The van der Waals surface area contributed by atoms with Crippen molar-refractivity contribution >= 4 is 5.78 Å². The van der Waals surface area contributed by atoms with E-state index in [-0.39, 0.29) is 17.7 Å². The maximum atomic E-state index is 12.3. The van der Waals surface area contributed by atoms with Crippen LogP contribution in [0, 0.1) is 5.92 Å². The van der Waals surface area contributed by atoms with Crippen molar-refractivity contribution in [2.24, 2.45) is 5.92 Å². The van der Waals surface area contributed by atoms with Gasteiger partial charge in [-0.1, -0.05) is 0 Å². The zero-order valence-corrected chi connectivity index (χ0v) is 9.64. The van der Waals surface area contributed by atoms with Gasteiger partial charge in [0.15, 0.2) is 5.82 Å². The molecule has 2 atom stereocenters. The van der Waals surface area contributed by atoms with Gasteiger partial charge in [-0.15, -0.1) is 0 Å². The van der Waals surface area contributed by atoms with Crippen molar-refractivity contribution in [3.05, 3.63) is 18.2 Å². The molecular formula is C11H17N3O2. The van der Waals surface area contributed by atoms with Gasteiger partial charge >= 0.3 is 0 Å². The number of hydrogen-bond acceptors (Lipinski definition) is 4. The first-order valence-corrected chi connectivity index (χ1v) is 5.58. The van der Waals surface area contributed by atoms with Gasteiger partial charge < -0.3 is 14.6 Å². The first-order valence-electron chi connectivity index (χ1n) is 5.58. The van der Waals surface area contributed by atoms with Crippen molar-refractivity contribution in [1.82, 2.24) is 14.9 Å². The number of carbonyl (C=O) groups is 1. The molecular weight excluding hydrogens is 206 g/mol. The van der Waals surface area contributed by atoms with Gasteiger partial charge in [0, 0.05) is 25.0 Å². The molecule has 0 radical (unpaired) electrons. The number of likely N-dealkylation sites (N-methyl/N-ethyl adjacent to an activating group) is 1. The van der Waals surface area contributed by atoms with Gasteiger partial charge in [0.2, 0.25) is 5.78 Å². The van der Waals surface area contributed by atoms with Gasteiger partial charge in [-0.25, -0.2) is 4.98 Å². The molecule has 0 spiro atoms. The number of hydrogen-bond donors (Lipinski definition) is 1. The van der Waals surface area contributed by atoms with Crippen molar-refractivity contribution in [3.63, 3.8) is 0 Å². The Morgan fingerprint density at radius 1 is 1.69 bits per heavy atom. The number of imidazole rings is 1. The van der Waals surface area contributed by atoms with Crippen LogP contribution in [0.25, 0.3) is 0 Å². The highest BCUT2D eigenvalue weighted by Crippen LogP contribution is 2.18. The molecule has 5 nitrogen and oxygen atoms in total. The summed E-state index contributed by atoms with van der Waals surface area (Å²) in [6.45, 7) is 3.85.